The average Bonchev–Trinajstić information content (AvgIpc) is 2.83. The molecule has 0 aromatic rings. The number of hydrogen-bond acceptors (Lipinski definition) is 5. The molecule has 5 heteroatoms. The van der Waals surface area contributed by atoms with Gasteiger partial charge in [-0.15, -0.1) is 0 Å². The van der Waals surface area contributed by atoms with E-state index < -0.39 is 0 Å². The summed E-state index contributed by atoms with van der Waals surface area (Å²) in [5, 5.41) is 17.6. The molecule has 0 aliphatic rings. The minimum absolute atomic E-state index is 0.0729. The van der Waals surface area contributed by atoms with Crippen LogP contribution in [0.5, 0.6) is 0 Å². The Hall–Kier alpha value is -0.490. The number of hydrogen-bond donors (Lipinski definition) is 2. The van der Waals surface area contributed by atoms with Gasteiger partial charge in [0.2, 0.25) is 0 Å². The van der Waals surface area contributed by atoms with Gasteiger partial charge in [0.1, 0.15) is 5.78 Å². The van der Waals surface area contributed by atoms with E-state index in [1.165, 1.54) is 77.0 Å². The molecule has 0 fully saturated rings. The Morgan fingerprint density at radius 2 is 1.06 bits per heavy atom. The summed E-state index contributed by atoms with van der Waals surface area (Å²) >= 11 is 0. The van der Waals surface area contributed by atoms with E-state index in [2.05, 4.69) is 13.8 Å². The van der Waals surface area contributed by atoms with Crippen molar-refractivity contribution in [3.8, 4) is 0 Å². The Bertz CT molecular complexity index is 399. The zero-order chi connectivity index (χ0) is 26.7. The first-order valence-corrected chi connectivity index (χ1v) is 13.9. The normalized spacial score (nSPS) is 12.8. The van der Waals surface area contributed by atoms with Crippen molar-refractivity contribution in [2.75, 3.05) is 27.4 Å². The van der Waals surface area contributed by atoms with Crippen LogP contribution >= 0.6 is 0 Å². The van der Waals surface area contributed by atoms with Gasteiger partial charge in [0, 0.05) is 20.6 Å². The number of carbonyl (C=O) groups excluding carboxylic acids is 1. The second-order valence-electron chi connectivity index (χ2n) is 10.4. The van der Waals surface area contributed by atoms with Crippen molar-refractivity contribution in [2.24, 2.45) is 0 Å². The van der Waals surface area contributed by atoms with Gasteiger partial charge in [0.05, 0.1) is 24.4 Å². The monoisotopic (exact) mass is 490 g/mol. The molecule has 0 aliphatic carbocycles. The number of Topliss-reactive ketones (excluding diaryl/α,β-unsaturated/α-hetero) is 1. The smallest absolute Gasteiger partial charge is 0.129 e. The van der Waals surface area contributed by atoms with Crippen LogP contribution in [-0.2, 0) is 14.3 Å². The molecule has 1 atom stereocenters. The predicted octanol–water partition coefficient (Wildman–Crippen LogP) is 7.64. The molecule has 208 valence electrons. The largest absolute Gasteiger partial charge is 0.393 e. The summed E-state index contributed by atoms with van der Waals surface area (Å²) in [4.78, 5) is 10.6. The molecule has 0 aromatic carbocycles. The molecular formula is C29H62O5. The quantitative estimate of drug-likeness (QED) is 0.171. The van der Waals surface area contributed by atoms with Gasteiger partial charge in [-0.2, -0.15) is 0 Å². The molecule has 0 saturated heterocycles. The highest BCUT2D eigenvalue weighted by Gasteiger charge is 2.21. The first kappa shape index (κ1) is 38.0. The first-order valence-electron chi connectivity index (χ1n) is 13.9. The number of rotatable bonds is 20. The molecule has 0 spiro atoms. The third-order valence-corrected chi connectivity index (χ3v) is 6.20. The molecule has 34 heavy (non-hydrogen) atoms. The summed E-state index contributed by atoms with van der Waals surface area (Å²) < 4.78 is 10.1. The van der Waals surface area contributed by atoms with Crippen molar-refractivity contribution in [1.29, 1.82) is 0 Å². The van der Waals surface area contributed by atoms with Gasteiger partial charge in [-0.1, -0.05) is 97.3 Å². The van der Waals surface area contributed by atoms with Crippen LogP contribution in [-0.4, -0.2) is 54.6 Å². The van der Waals surface area contributed by atoms with Crippen LogP contribution in [0, 0.1) is 0 Å². The van der Waals surface area contributed by atoms with Gasteiger partial charge in [-0.3, -0.25) is 0 Å². The third kappa shape index (κ3) is 31.5. The molecule has 0 aliphatic heterocycles. The average molecular weight is 491 g/mol. The number of unbranched alkanes of at least 4 members (excludes halogenated alkanes) is 12. The summed E-state index contributed by atoms with van der Waals surface area (Å²) in [6, 6.07) is 0. The van der Waals surface area contributed by atoms with E-state index in [0.29, 0.717) is 5.78 Å². The Balaban J connectivity index is -0.000000452. The van der Waals surface area contributed by atoms with Crippen molar-refractivity contribution in [2.45, 2.75) is 155 Å². The van der Waals surface area contributed by atoms with Crippen molar-refractivity contribution in [1.82, 2.24) is 0 Å². The van der Waals surface area contributed by atoms with Crippen LogP contribution in [0.1, 0.15) is 144 Å². The number of ketones is 1. The van der Waals surface area contributed by atoms with Crippen LogP contribution in [0.15, 0.2) is 0 Å². The van der Waals surface area contributed by atoms with Crippen LogP contribution in [0.25, 0.3) is 0 Å². The maximum atomic E-state index is 10.6. The molecular weight excluding hydrogens is 428 g/mol. The van der Waals surface area contributed by atoms with Gasteiger partial charge in [0.25, 0.3) is 0 Å². The molecule has 1 unspecified atom stereocenters. The van der Waals surface area contributed by atoms with Crippen LogP contribution in [0.4, 0.5) is 0 Å². The summed E-state index contributed by atoms with van der Waals surface area (Å²) in [6.07, 6.45) is 20.0. The highest BCUT2D eigenvalue weighted by atomic mass is 16.5. The van der Waals surface area contributed by atoms with E-state index in [4.69, 9.17) is 19.7 Å². The topological polar surface area (TPSA) is 76.0 Å². The molecule has 2 N–H and O–H groups in total. The minimum Gasteiger partial charge on any atom is -0.393 e. The Kier molecular flexibility index (Phi) is 30.3. The van der Waals surface area contributed by atoms with E-state index in [0.717, 1.165) is 25.7 Å². The first-order chi connectivity index (χ1) is 16.1. The van der Waals surface area contributed by atoms with Gasteiger partial charge in [-0.25, -0.2) is 0 Å². The fourth-order valence-electron chi connectivity index (χ4n) is 3.10. The fourth-order valence-corrected chi connectivity index (χ4v) is 3.10. The molecule has 0 bridgehead atoms. The number of carbonyl (C=O) groups is 1. The second kappa shape index (κ2) is 27.1. The maximum Gasteiger partial charge on any atom is 0.129 e. The summed E-state index contributed by atoms with van der Waals surface area (Å²) in [6.45, 7) is 12.0. The van der Waals surface area contributed by atoms with E-state index in [9.17, 15) is 4.79 Å². The lowest BCUT2D eigenvalue weighted by Crippen LogP contribution is -2.31. The lowest BCUT2D eigenvalue weighted by Gasteiger charge is -2.25. The number of ether oxygens (including phenoxy) is 2. The predicted molar refractivity (Wildman–Crippen MR) is 147 cm³/mol. The molecule has 5 nitrogen and oxygen atoms in total. The van der Waals surface area contributed by atoms with E-state index in [1.54, 1.807) is 21.1 Å². The maximum absolute atomic E-state index is 10.6. The third-order valence-electron chi connectivity index (χ3n) is 6.20. The highest BCUT2D eigenvalue weighted by molar-refractivity contribution is 5.75. The van der Waals surface area contributed by atoms with Crippen molar-refractivity contribution < 1.29 is 24.5 Å². The van der Waals surface area contributed by atoms with E-state index in [-0.39, 0.29) is 24.4 Å². The molecule has 0 amide bonds. The Labute approximate surface area is 213 Å². The number of aliphatic hydroxyl groups excluding tert-OH is 2. The van der Waals surface area contributed by atoms with Gasteiger partial charge in [-0.05, 0) is 40.5 Å². The molecule has 0 heterocycles. The van der Waals surface area contributed by atoms with Crippen molar-refractivity contribution in [3.63, 3.8) is 0 Å². The van der Waals surface area contributed by atoms with Crippen LogP contribution < -0.4 is 0 Å². The Morgan fingerprint density at radius 1 is 0.647 bits per heavy atom. The molecule has 0 saturated carbocycles. The minimum atomic E-state index is -0.361. The standard InChI is InChI=1S/C13H28O2.C11H22O.C5H12O2/c1-4-5-6-7-8-9-10-11-13(2,12-14)15-3;1-3-4-5-6-7-8-9-10-11(2)12;1-5(2,4-6)7-3/h14H,4-12H2,1-3H3;3-10H2,1-2H3;6H,4H2,1-3H3. The van der Waals surface area contributed by atoms with Crippen molar-refractivity contribution >= 4 is 5.78 Å². The van der Waals surface area contributed by atoms with Gasteiger partial charge in [0.15, 0.2) is 0 Å². The Morgan fingerprint density at radius 3 is 1.35 bits per heavy atom. The van der Waals surface area contributed by atoms with E-state index >= 15 is 0 Å². The lowest BCUT2D eigenvalue weighted by molar-refractivity contribution is -0.117. The van der Waals surface area contributed by atoms with Crippen LogP contribution in [0.2, 0.25) is 0 Å². The van der Waals surface area contributed by atoms with E-state index in [1.807, 2.05) is 20.8 Å². The highest BCUT2D eigenvalue weighted by Crippen LogP contribution is 2.18. The van der Waals surface area contributed by atoms with Crippen LogP contribution in [0.3, 0.4) is 0 Å². The van der Waals surface area contributed by atoms with Gasteiger partial charge >= 0.3 is 0 Å². The SMILES string of the molecule is CCCCCCCCCC(C)(CO)OC.CCCCCCCCCC(C)=O.COC(C)(C)CO. The zero-order valence-corrected chi connectivity index (χ0v) is 24.3. The lowest BCUT2D eigenvalue weighted by atomic mass is 9.98. The number of methoxy groups -OCH3 is 2. The van der Waals surface area contributed by atoms with Gasteiger partial charge < -0.3 is 24.5 Å². The summed E-state index contributed by atoms with van der Waals surface area (Å²) in [5.74, 6) is 0.337. The second-order valence-corrected chi connectivity index (χ2v) is 10.4. The van der Waals surface area contributed by atoms with Crippen molar-refractivity contribution in [3.05, 3.63) is 0 Å². The zero-order valence-electron chi connectivity index (χ0n) is 24.3. The molecule has 0 rings (SSSR count). The summed E-state index contributed by atoms with van der Waals surface area (Å²) in [5.41, 5.74) is -0.677. The summed E-state index contributed by atoms with van der Waals surface area (Å²) in [7, 11) is 3.26. The number of aliphatic hydroxyl groups is 2. The molecule has 0 radical (unpaired) electrons. The fraction of sp³-hybridized carbons (Fsp3) is 0.966. The molecule has 0 aromatic heterocycles.